The molecule has 1 aromatic rings. The Morgan fingerprint density at radius 3 is 2.80 bits per heavy atom. The van der Waals surface area contributed by atoms with Gasteiger partial charge in [-0.05, 0) is 31.1 Å². The standard InChI is InChI=1S/C15H22N4O/c1-2-6-17-14-8-16-7-13(18-14)15(20)19-9-11-4-3-5-12(11)10-19/h7-8,11-12H,2-6,9-10H2,1H3,(H,17,18). The number of rotatable bonds is 4. The third kappa shape index (κ3) is 2.62. The zero-order valence-corrected chi connectivity index (χ0v) is 12.0. The first-order chi connectivity index (χ1) is 9.78. The summed E-state index contributed by atoms with van der Waals surface area (Å²) in [6, 6.07) is 0. The largest absolute Gasteiger partial charge is 0.369 e. The quantitative estimate of drug-likeness (QED) is 0.914. The number of anilines is 1. The number of fused-ring (bicyclic) bond motifs is 1. The molecule has 5 heteroatoms. The Hall–Kier alpha value is -1.65. The van der Waals surface area contributed by atoms with Crippen molar-refractivity contribution in [2.24, 2.45) is 11.8 Å². The van der Waals surface area contributed by atoms with Crippen LogP contribution < -0.4 is 5.32 Å². The van der Waals surface area contributed by atoms with Crippen molar-refractivity contribution in [3.8, 4) is 0 Å². The van der Waals surface area contributed by atoms with Crippen LogP contribution in [0.25, 0.3) is 0 Å². The van der Waals surface area contributed by atoms with Gasteiger partial charge in [0.15, 0.2) is 0 Å². The van der Waals surface area contributed by atoms with Gasteiger partial charge in [0, 0.05) is 19.6 Å². The summed E-state index contributed by atoms with van der Waals surface area (Å²) in [5.74, 6) is 2.16. The van der Waals surface area contributed by atoms with Crippen molar-refractivity contribution in [2.45, 2.75) is 32.6 Å². The molecule has 0 spiro atoms. The molecule has 0 radical (unpaired) electrons. The second-order valence-electron chi connectivity index (χ2n) is 5.88. The highest BCUT2D eigenvalue weighted by atomic mass is 16.2. The van der Waals surface area contributed by atoms with Crippen molar-refractivity contribution in [3.05, 3.63) is 18.1 Å². The van der Waals surface area contributed by atoms with E-state index < -0.39 is 0 Å². The normalized spacial score (nSPS) is 24.8. The fourth-order valence-electron chi connectivity index (χ4n) is 3.37. The highest BCUT2D eigenvalue weighted by molar-refractivity contribution is 5.92. The molecule has 2 fully saturated rings. The number of carbonyl (C=O) groups is 1. The predicted molar refractivity (Wildman–Crippen MR) is 77.5 cm³/mol. The van der Waals surface area contributed by atoms with Crippen LogP contribution in [0, 0.1) is 11.8 Å². The molecule has 1 aliphatic carbocycles. The predicted octanol–water partition coefficient (Wildman–Crippen LogP) is 2.17. The lowest BCUT2D eigenvalue weighted by molar-refractivity contribution is 0.0774. The Kier molecular flexibility index (Phi) is 3.85. The third-order valence-corrected chi connectivity index (χ3v) is 4.42. The molecular formula is C15H22N4O. The molecule has 2 aliphatic rings. The molecule has 0 aromatic carbocycles. The number of amides is 1. The van der Waals surface area contributed by atoms with Crippen molar-refractivity contribution >= 4 is 11.7 Å². The van der Waals surface area contributed by atoms with E-state index in [2.05, 4.69) is 22.2 Å². The topological polar surface area (TPSA) is 58.1 Å². The zero-order valence-electron chi connectivity index (χ0n) is 12.0. The van der Waals surface area contributed by atoms with Crippen LogP contribution in [0.3, 0.4) is 0 Å². The minimum atomic E-state index is 0.0343. The number of aromatic nitrogens is 2. The summed E-state index contributed by atoms with van der Waals surface area (Å²) in [5.41, 5.74) is 0.464. The van der Waals surface area contributed by atoms with E-state index in [-0.39, 0.29) is 5.91 Å². The first-order valence-corrected chi connectivity index (χ1v) is 7.63. The Morgan fingerprint density at radius 2 is 2.10 bits per heavy atom. The maximum atomic E-state index is 12.5. The molecule has 1 aromatic heterocycles. The minimum absolute atomic E-state index is 0.0343. The molecular weight excluding hydrogens is 252 g/mol. The lowest BCUT2D eigenvalue weighted by atomic mass is 10.0. The fourth-order valence-corrected chi connectivity index (χ4v) is 3.37. The van der Waals surface area contributed by atoms with Crippen molar-refractivity contribution in [3.63, 3.8) is 0 Å². The van der Waals surface area contributed by atoms with Crippen LogP contribution in [0.5, 0.6) is 0 Å². The number of likely N-dealkylation sites (tertiary alicyclic amines) is 1. The molecule has 1 saturated heterocycles. The SMILES string of the molecule is CCCNc1cncc(C(=O)N2CC3CCCC3C2)n1. The van der Waals surface area contributed by atoms with Crippen LogP contribution in [-0.2, 0) is 0 Å². The van der Waals surface area contributed by atoms with Crippen LogP contribution in [0.1, 0.15) is 43.1 Å². The summed E-state index contributed by atoms with van der Waals surface area (Å²) in [6.07, 6.45) is 8.15. The van der Waals surface area contributed by atoms with Gasteiger partial charge in [0.1, 0.15) is 11.5 Å². The average Bonchev–Trinajstić information content (AvgIpc) is 3.06. The Bertz CT molecular complexity index is 479. The molecule has 5 nitrogen and oxygen atoms in total. The zero-order chi connectivity index (χ0) is 13.9. The van der Waals surface area contributed by atoms with E-state index in [0.29, 0.717) is 23.3 Å². The van der Waals surface area contributed by atoms with Gasteiger partial charge in [-0.2, -0.15) is 0 Å². The van der Waals surface area contributed by atoms with Crippen molar-refractivity contribution in [1.29, 1.82) is 0 Å². The smallest absolute Gasteiger partial charge is 0.274 e. The van der Waals surface area contributed by atoms with Gasteiger partial charge in [-0.15, -0.1) is 0 Å². The molecule has 0 bridgehead atoms. The number of nitrogens with zero attached hydrogens (tertiary/aromatic N) is 3. The molecule has 1 saturated carbocycles. The van der Waals surface area contributed by atoms with E-state index >= 15 is 0 Å². The number of nitrogens with one attached hydrogen (secondary N) is 1. The molecule has 2 atom stereocenters. The molecule has 108 valence electrons. The summed E-state index contributed by atoms with van der Waals surface area (Å²) in [7, 11) is 0. The van der Waals surface area contributed by atoms with Crippen molar-refractivity contribution in [2.75, 3.05) is 25.0 Å². The van der Waals surface area contributed by atoms with Gasteiger partial charge in [0.2, 0.25) is 0 Å². The lowest BCUT2D eigenvalue weighted by Crippen LogP contribution is -2.30. The molecule has 1 N–H and O–H groups in total. The molecule has 2 heterocycles. The molecule has 2 unspecified atom stereocenters. The van der Waals surface area contributed by atoms with Gasteiger partial charge in [-0.1, -0.05) is 13.3 Å². The third-order valence-electron chi connectivity index (χ3n) is 4.42. The maximum absolute atomic E-state index is 12.5. The summed E-state index contributed by atoms with van der Waals surface area (Å²) in [6.45, 7) is 4.74. The lowest BCUT2D eigenvalue weighted by Gasteiger charge is -2.17. The van der Waals surface area contributed by atoms with Crippen LogP contribution >= 0.6 is 0 Å². The van der Waals surface area contributed by atoms with Gasteiger partial charge in [-0.25, -0.2) is 4.98 Å². The second kappa shape index (κ2) is 5.77. The first-order valence-electron chi connectivity index (χ1n) is 7.63. The summed E-state index contributed by atoms with van der Waals surface area (Å²) < 4.78 is 0. The summed E-state index contributed by atoms with van der Waals surface area (Å²) >= 11 is 0. The van der Waals surface area contributed by atoms with Crippen molar-refractivity contribution < 1.29 is 4.79 Å². The van der Waals surface area contributed by atoms with Gasteiger partial charge >= 0.3 is 0 Å². The maximum Gasteiger partial charge on any atom is 0.274 e. The Labute approximate surface area is 119 Å². The fraction of sp³-hybridized carbons (Fsp3) is 0.667. The highest BCUT2D eigenvalue weighted by Gasteiger charge is 2.38. The monoisotopic (exact) mass is 274 g/mol. The van der Waals surface area contributed by atoms with E-state index in [1.807, 2.05) is 4.90 Å². The van der Waals surface area contributed by atoms with Crippen LogP contribution in [0.4, 0.5) is 5.82 Å². The van der Waals surface area contributed by atoms with E-state index in [1.54, 1.807) is 12.4 Å². The highest BCUT2D eigenvalue weighted by Crippen LogP contribution is 2.38. The summed E-state index contributed by atoms with van der Waals surface area (Å²) in [5, 5.41) is 3.18. The Morgan fingerprint density at radius 1 is 1.35 bits per heavy atom. The van der Waals surface area contributed by atoms with E-state index in [1.165, 1.54) is 19.3 Å². The second-order valence-corrected chi connectivity index (χ2v) is 5.88. The number of carbonyl (C=O) groups excluding carboxylic acids is 1. The van der Waals surface area contributed by atoms with Gasteiger partial charge in [0.25, 0.3) is 5.91 Å². The Balaban J connectivity index is 1.68. The molecule has 20 heavy (non-hydrogen) atoms. The average molecular weight is 274 g/mol. The number of hydrogen-bond acceptors (Lipinski definition) is 4. The van der Waals surface area contributed by atoms with Gasteiger partial charge < -0.3 is 10.2 Å². The summed E-state index contributed by atoms with van der Waals surface area (Å²) in [4.78, 5) is 23.0. The van der Waals surface area contributed by atoms with Crippen LogP contribution in [-0.4, -0.2) is 40.4 Å². The van der Waals surface area contributed by atoms with E-state index in [0.717, 1.165) is 26.1 Å². The van der Waals surface area contributed by atoms with Crippen molar-refractivity contribution in [1.82, 2.24) is 14.9 Å². The van der Waals surface area contributed by atoms with Gasteiger partial charge in [0.05, 0.1) is 12.4 Å². The van der Waals surface area contributed by atoms with Crippen LogP contribution in [0.15, 0.2) is 12.4 Å². The molecule has 1 amide bonds. The first kappa shape index (κ1) is 13.3. The number of hydrogen-bond donors (Lipinski definition) is 1. The molecule has 3 rings (SSSR count). The van der Waals surface area contributed by atoms with Gasteiger partial charge in [-0.3, -0.25) is 9.78 Å². The van der Waals surface area contributed by atoms with E-state index in [4.69, 9.17) is 0 Å². The van der Waals surface area contributed by atoms with E-state index in [9.17, 15) is 4.79 Å². The minimum Gasteiger partial charge on any atom is -0.369 e. The molecule has 1 aliphatic heterocycles. The van der Waals surface area contributed by atoms with Crippen LogP contribution in [0.2, 0.25) is 0 Å².